The lowest BCUT2D eigenvalue weighted by molar-refractivity contribution is 0.288. The van der Waals surface area contributed by atoms with E-state index in [9.17, 15) is 0 Å². The van der Waals surface area contributed by atoms with Crippen molar-refractivity contribution in [3.8, 4) is 18.1 Å². The number of nitriles is 1. The third-order valence-corrected chi connectivity index (χ3v) is 2.76. The van der Waals surface area contributed by atoms with Gasteiger partial charge >= 0.3 is 12.0 Å². The molecule has 0 bridgehead atoms. The number of hydrogen-bond acceptors (Lipinski definition) is 7. The maximum atomic E-state index is 8.53. The average molecular weight is 263 g/mol. The topological polar surface area (TPSA) is 84.2 Å². The minimum Gasteiger partial charge on any atom is -0.464 e. The summed E-state index contributed by atoms with van der Waals surface area (Å²) in [6, 6.07) is 2.27. The van der Waals surface area contributed by atoms with Gasteiger partial charge in [0.1, 0.15) is 6.07 Å². The Morgan fingerprint density at radius 3 is 2.42 bits per heavy atom. The Hall–Kier alpha value is -2.10. The second kappa shape index (κ2) is 6.73. The molecule has 19 heavy (non-hydrogen) atoms. The van der Waals surface area contributed by atoms with Gasteiger partial charge in [-0.25, -0.2) is 0 Å². The zero-order valence-electron chi connectivity index (χ0n) is 11.0. The zero-order valence-corrected chi connectivity index (χ0v) is 11.0. The largest absolute Gasteiger partial charge is 0.464 e. The molecule has 102 valence electrons. The third-order valence-electron chi connectivity index (χ3n) is 2.76. The summed E-state index contributed by atoms with van der Waals surface area (Å²) >= 11 is 0. The van der Waals surface area contributed by atoms with Crippen molar-refractivity contribution in [2.24, 2.45) is 0 Å². The van der Waals surface area contributed by atoms with Crippen LogP contribution in [-0.4, -0.2) is 41.3 Å². The molecule has 7 heteroatoms. The number of piperidine rings is 1. The summed E-state index contributed by atoms with van der Waals surface area (Å²) in [7, 11) is 0. The van der Waals surface area contributed by atoms with Crippen molar-refractivity contribution in [2.75, 3.05) is 31.2 Å². The smallest absolute Gasteiger partial charge is 0.325 e. The van der Waals surface area contributed by atoms with E-state index in [1.54, 1.807) is 0 Å². The normalized spacial score (nSPS) is 14.8. The van der Waals surface area contributed by atoms with E-state index >= 15 is 0 Å². The fourth-order valence-corrected chi connectivity index (χ4v) is 1.92. The van der Waals surface area contributed by atoms with Crippen molar-refractivity contribution < 1.29 is 9.47 Å². The molecule has 1 aromatic rings. The Bertz CT molecular complexity index is 454. The molecular weight excluding hydrogens is 246 g/mol. The minimum atomic E-state index is -0.0883. The molecule has 0 amide bonds. The molecule has 1 aliphatic rings. The van der Waals surface area contributed by atoms with E-state index in [1.165, 1.54) is 6.42 Å². The Morgan fingerprint density at radius 2 is 1.79 bits per heavy atom. The molecule has 7 nitrogen and oxygen atoms in total. The van der Waals surface area contributed by atoms with Gasteiger partial charge in [-0.2, -0.15) is 15.2 Å². The highest BCUT2D eigenvalue weighted by molar-refractivity contribution is 5.32. The maximum Gasteiger partial charge on any atom is 0.325 e. The predicted octanol–water partition coefficient (Wildman–Crippen LogP) is 1.16. The van der Waals surface area contributed by atoms with E-state index in [0.717, 1.165) is 25.9 Å². The fraction of sp³-hybridized carbons (Fsp3) is 0.667. The molecule has 1 aromatic heterocycles. The fourth-order valence-electron chi connectivity index (χ4n) is 1.92. The van der Waals surface area contributed by atoms with Crippen molar-refractivity contribution in [3.05, 3.63) is 0 Å². The molecule has 0 N–H and O–H groups in total. The van der Waals surface area contributed by atoms with E-state index in [2.05, 4.69) is 19.9 Å². The molecule has 1 aliphatic heterocycles. The van der Waals surface area contributed by atoms with Crippen molar-refractivity contribution >= 4 is 5.95 Å². The molecule has 0 aromatic carbocycles. The van der Waals surface area contributed by atoms with Crippen LogP contribution in [0.1, 0.15) is 26.2 Å². The quantitative estimate of drug-likeness (QED) is 0.788. The Balaban J connectivity index is 2.19. The summed E-state index contributed by atoms with van der Waals surface area (Å²) in [4.78, 5) is 14.6. The lowest BCUT2D eigenvalue weighted by Crippen LogP contribution is -2.31. The van der Waals surface area contributed by atoms with Crippen LogP contribution >= 0.6 is 0 Å². The van der Waals surface area contributed by atoms with E-state index in [0.29, 0.717) is 12.6 Å². The second-order valence-corrected chi connectivity index (χ2v) is 4.13. The van der Waals surface area contributed by atoms with Gasteiger partial charge in [-0.05, 0) is 26.2 Å². The SMILES string of the molecule is CCOc1nc(OCC#N)nc(N2CCCCC2)n1. The first kappa shape index (κ1) is 13.3. The van der Waals surface area contributed by atoms with Crippen LogP contribution in [0.4, 0.5) is 5.95 Å². The standard InChI is InChI=1S/C12H17N5O2/c1-2-18-11-14-10(17-7-4-3-5-8-17)15-12(16-11)19-9-6-13/h2-5,7-9H2,1H3. The summed E-state index contributed by atoms with van der Waals surface area (Å²) in [5.74, 6) is 0.561. The number of anilines is 1. The highest BCUT2D eigenvalue weighted by Gasteiger charge is 2.17. The van der Waals surface area contributed by atoms with Crippen LogP contribution < -0.4 is 14.4 Å². The van der Waals surface area contributed by atoms with Crippen LogP contribution in [0.25, 0.3) is 0 Å². The average Bonchev–Trinajstić information content (AvgIpc) is 2.46. The molecule has 2 heterocycles. The molecule has 0 unspecified atom stereocenters. The Kier molecular flexibility index (Phi) is 4.72. The number of aromatic nitrogens is 3. The highest BCUT2D eigenvalue weighted by atomic mass is 16.5. The molecule has 1 fully saturated rings. The van der Waals surface area contributed by atoms with Crippen molar-refractivity contribution in [2.45, 2.75) is 26.2 Å². The van der Waals surface area contributed by atoms with Crippen molar-refractivity contribution in [3.63, 3.8) is 0 Å². The number of nitrogens with zero attached hydrogens (tertiary/aromatic N) is 5. The first-order valence-corrected chi connectivity index (χ1v) is 6.47. The maximum absolute atomic E-state index is 8.53. The van der Waals surface area contributed by atoms with Crippen LogP contribution in [0.3, 0.4) is 0 Å². The Morgan fingerprint density at radius 1 is 1.11 bits per heavy atom. The molecule has 0 spiro atoms. The lowest BCUT2D eigenvalue weighted by Gasteiger charge is -2.26. The van der Waals surface area contributed by atoms with Gasteiger partial charge in [0, 0.05) is 13.1 Å². The van der Waals surface area contributed by atoms with Crippen LogP contribution in [0.2, 0.25) is 0 Å². The second-order valence-electron chi connectivity index (χ2n) is 4.13. The van der Waals surface area contributed by atoms with E-state index in [-0.39, 0.29) is 18.6 Å². The van der Waals surface area contributed by atoms with Gasteiger partial charge in [0.25, 0.3) is 0 Å². The molecular formula is C12H17N5O2. The summed E-state index contributed by atoms with van der Waals surface area (Å²) in [5, 5.41) is 8.53. The van der Waals surface area contributed by atoms with Gasteiger partial charge < -0.3 is 14.4 Å². The summed E-state index contributed by atoms with van der Waals surface area (Å²) in [6.45, 7) is 4.09. The van der Waals surface area contributed by atoms with Gasteiger partial charge in [-0.1, -0.05) is 0 Å². The predicted molar refractivity (Wildman–Crippen MR) is 68.2 cm³/mol. The molecule has 0 radical (unpaired) electrons. The molecule has 2 rings (SSSR count). The first-order chi connectivity index (χ1) is 9.33. The van der Waals surface area contributed by atoms with Crippen LogP contribution in [-0.2, 0) is 0 Å². The lowest BCUT2D eigenvalue weighted by atomic mass is 10.1. The number of rotatable bonds is 5. The summed E-state index contributed by atoms with van der Waals surface area (Å²) in [6.07, 6.45) is 3.49. The number of ether oxygens (including phenoxy) is 2. The highest BCUT2D eigenvalue weighted by Crippen LogP contribution is 2.20. The van der Waals surface area contributed by atoms with Crippen LogP contribution in [0.5, 0.6) is 12.0 Å². The molecule has 0 saturated carbocycles. The van der Waals surface area contributed by atoms with Crippen LogP contribution in [0, 0.1) is 11.3 Å². The Labute approximate surface area is 112 Å². The van der Waals surface area contributed by atoms with Gasteiger partial charge in [0.2, 0.25) is 5.95 Å². The summed E-state index contributed by atoms with van der Waals surface area (Å²) in [5.41, 5.74) is 0. The molecule has 0 aliphatic carbocycles. The molecule has 0 atom stereocenters. The zero-order chi connectivity index (χ0) is 13.5. The van der Waals surface area contributed by atoms with Gasteiger partial charge in [-0.15, -0.1) is 4.98 Å². The van der Waals surface area contributed by atoms with E-state index < -0.39 is 0 Å². The van der Waals surface area contributed by atoms with Crippen LogP contribution in [0.15, 0.2) is 0 Å². The first-order valence-electron chi connectivity index (χ1n) is 6.47. The van der Waals surface area contributed by atoms with Gasteiger partial charge in [0.15, 0.2) is 6.61 Å². The van der Waals surface area contributed by atoms with E-state index in [4.69, 9.17) is 14.7 Å². The molecule has 1 saturated heterocycles. The van der Waals surface area contributed by atoms with E-state index in [1.807, 2.05) is 13.0 Å². The van der Waals surface area contributed by atoms with Crippen molar-refractivity contribution in [1.82, 2.24) is 15.0 Å². The monoisotopic (exact) mass is 263 g/mol. The van der Waals surface area contributed by atoms with Gasteiger partial charge in [0.05, 0.1) is 6.61 Å². The minimum absolute atomic E-state index is 0.0883. The number of hydrogen-bond donors (Lipinski definition) is 0. The van der Waals surface area contributed by atoms with Gasteiger partial charge in [-0.3, -0.25) is 0 Å². The van der Waals surface area contributed by atoms with Crippen molar-refractivity contribution in [1.29, 1.82) is 5.26 Å². The summed E-state index contributed by atoms with van der Waals surface area (Å²) < 4.78 is 10.4. The third kappa shape index (κ3) is 3.68.